The van der Waals surface area contributed by atoms with E-state index >= 15 is 0 Å². The van der Waals surface area contributed by atoms with Gasteiger partial charge in [-0.2, -0.15) is 0 Å². The molecule has 28 heavy (non-hydrogen) atoms. The molecule has 1 amide bonds. The first kappa shape index (κ1) is 17.8. The van der Waals surface area contributed by atoms with E-state index in [-0.39, 0.29) is 5.91 Å². The number of anilines is 1. The average molecular weight is 372 g/mol. The number of aromatic nitrogens is 1. The number of benzene rings is 3. The lowest BCUT2D eigenvalue weighted by molar-refractivity contribution is 0.102. The van der Waals surface area contributed by atoms with Crippen LogP contribution < -0.4 is 10.1 Å². The monoisotopic (exact) mass is 372 g/mol. The average Bonchev–Trinajstić information content (AvgIpc) is 3.04. The van der Waals surface area contributed by atoms with Gasteiger partial charge in [0.1, 0.15) is 18.1 Å². The molecule has 0 fully saturated rings. The third-order valence-electron chi connectivity index (χ3n) is 4.70. The molecule has 4 rings (SSSR count). The molecule has 3 aromatic carbocycles. The Morgan fingerprint density at radius 1 is 1.04 bits per heavy atom. The van der Waals surface area contributed by atoms with E-state index < -0.39 is 0 Å². The fraction of sp³-hybridized carbons (Fsp3) is 0.130. The van der Waals surface area contributed by atoms with Gasteiger partial charge in [0.25, 0.3) is 5.91 Å². The van der Waals surface area contributed by atoms with E-state index in [4.69, 9.17) is 9.26 Å². The maximum atomic E-state index is 12.8. The number of fused-ring (bicyclic) bond motifs is 1. The van der Waals surface area contributed by atoms with Crippen LogP contribution in [0.5, 0.6) is 5.75 Å². The molecule has 4 aromatic rings. The molecule has 1 aromatic heterocycles. The predicted molar refractivity (Wildman–Crippen MR) is 109 cm³/mol. The number of rotatable bonds is 5. The molecule has 0 spiro atoms. The van der Waals surface area contributed by atoms with Gasteiger partial charge in [-0.1, -0.05) is 47.6 Å². The van der Waals surface area contributed by atoms with Gasteiger partial charge in [-0.15, -0.1) is 0 Å². The van der Waals surface area contributed by atoms with Gasteiger partial charge < -0.3 is 14.6 Å². The van der Waals surface area contributed by atoms with E-state index in [0.717, 1.165) is 33.5 Å². The van der Waals surface area contributed by atoms with Crippen molar-refractivity contribution in [2.24, 2.45) is 0 Å². The number of nitrogens with one attached hydrogen (secondary N) is 1. The Labute approximate surface area is 162 Å². The topological polar surface area (TPSA) is 64.4 Å². The van der Waals surface area contributed by atoms with Crippen LogP contribution in [0.2, 0.25) is 0 Å². The fourth-order valence-corrected chi connectivity index (χ4v) is 3.12. The summed E-state index contributed by atoms with van der Waals surface area (Å²) in [6.45, 7) is 4.07. The second kappa shape index (κ2) is 7.56. The number of aryl methyl sites for hydroxylation is 2. The van der Waals surface area contributed by atoms with Gasteiger partial charge in [-0.05, 0) is 43.5 Å². The molecule has 1 N–H and O–H groups in total. The van der Waals surface area contributed by atoms with Crippen LogP contribution in [0.4, 0.5) is 5.69 Å². The van der Waals surface area contributed by atoms with Crippen molar-refractivity contribution in [2.75, 3.05) is 5.32 Å². The van der Waals surface area contributed by atoms with Crippen molar-refractivity contribution in [3.05, 3.63) is 89.3 Å². The van der Waals surface area contributed by atoms with E-state index in [1.54, 1.807) is 18.2 Å². The normalized spacial score (nSPS) is 10.8. The molecule has 0 saturated heterocycles. The molecular formula is C23H20N2O3. The molecule has 0 aliphatic rings. The number of hydrogen-bond donors (Lipinski definition) is 1. The van der Waals surface area contributed by atoms with Gasteiger partial charge >= 0.3 is 0 Å². The third-order valence-corrected chi connectivity index (χ3v) is 4.70. The predicted octanol–water partition coefficient (Wildman–Crippen LogP) is 5.28. The van der Waals surface area contributed by atoms with E-state index in [1.165, 1.54) is 0 Å². The molecular weight excluding hydrogens is 352 g/mol. The summed E-state index contributed by atoms with van der Waals surface area (Å²) in [5, 5.41) is 9.01. The van der Waals surface area contributed by atoms with Gasteiger partial charge in [0, 0.05) is 16.6 Å². The lowest BCUT2D eigenvalue weighted by atomic mass is 10.1. The number of carbonyl (C=O) groups is 1. The van der Waals surface area contributed by atoms with Gasteiger partial charge in [0.2, 0.25) is 0 Å². The van der Waals surface area contributed by atoms with E-state index in [9.17, 15) is 4.79 Å². The minimum atomic E-state index is -0.181. The van der Waals surface area contributed by atoms with E-state index in [1.807, 2.05) is 62.4 Å². The van der Waals surface area contributed by atoms with Gasteiger partial charge in [0.05, 0.1) is 11.3 Å². The Kier molecular flexibility index (Phi) is 4.81. The zero-order valence-corrected chi connectivity index (χ0v) is 15.7. The summed E-state index contributed by atoms with van der Waals surface area (Å²) in [4.78, 5) is 12.8. The quantitative estimate of drug-likeness (QED) is 0.518. The van der Waals surface area contributed by atoms with Crippen molar-refractivity contribution in [1.82, 2.24) is 5.16 Å². The second-order valence-electron chi connectivity index (χ2n) is 6.60. The lowest BCUT2D eigenvalue weighted by Gasteiger charge is -2.10. The van der Waals surface area contributed by atoms with Crippen molar-refractivity contribution in [2.45, 2.75) is 20.5 Å². The first-order chi connectivity index (χ1) is 13.6. The van der Waals surface area contributed by atoms with Gasteiger partial charge in [0.15, 0.2) is 0 Å². The van der Waals surface area contributed by atoms with E-state index in [0.29, 0.717) is 17.9 Å². The van der Waals surface area contributed by atoms with Gasteiger partial charge in [-0.25, -0.2) is 0 Å². The highest BCUT2D eigenvalue weighted by Gasteiger charge is 2.12. The van der Waals surface area contributed by atoms with Crippen LogP contribution in [-0.2, 0) is 6.61 Å². The van der Waals surface area contributed by atoms with E-state index in [2.05, 4.69) is 10.5 Å². The summed E-state index contributed by atoms with van der Waals surface area (Å²) in [6.07, 6.45) is 0. The summed E-state index contributed by atoms with van der Waals surface area (Å²) in [5.41, 5.74) is 3.04. The number of carbonyl (C=O) groups excluding carboxylic acids is 1. The Morgan fingerprint density at radius 3 is 2.64 bits per heavy atom. The maximum absolute atomic E-state index is 12.8. The molecule has 1 heterocycles. The molecule has 0 bridgehead atoms. The lowest BCUT2D eigenvalue weighted by Crippen LogP contribution is -2.12. The minimum Gasteiger partial charge on any atom is -0.489 e. The molecule has 5 nitrogen and oxygen atoms in total. The number of hydrogen-bond acceptors (Lipinski definition) is 4. The maximum Gasteiger partial charge on any atom is 0.255 e. The zero-order valence-electron chi connectivity index (χ0n) is 15.7. The van der Waals surface area contributed by atoms with Crippen molar-refractivity contribution in [3.8, 4) is 5.75 Å². The molecule has 5 heteroatoms. The summed E-state index contributed by atoms with van der Waals surface area (Å²) < 4.78 is 11.0. The molecule has 140 valence electrons. The summed E-state index contributed by atoms with van der Waals surface area (Å²) in [6, 6.07) is 20.9. The number of nitrogens with zero attached hydrogens (tertiary/aromatic N) is 1. The largest absolute Gasteiger partial charge is 0.489 e. The Balaban J connectivity index is 1.51. The standard InChI is InChI=1S/C23H20N2O3/c1-15-21(16(2)28-25-15)14-27-19-10-5-9-18(13-19)23(26)24-22-12-6-8-17-7-3-4-11-20(17)22/h3-13H,14H2,1-2H3,(H,24,26). The second-order valence-corrected chi connectivity index (χ2v) is 6.60. The van der Waals surface area contributed by atoms with Gasteiger partial charge in [-0.3, -0.25) is 4.79 Å². The Morgan fingerprint density at radius 2 is 1.82 bits per heavy atom. The smallest absolute Gasteiger partial charge is 0.255 e. The van der Waals surface area contributed by atoms with Crippen LogP contribution in [-0.4, -0.2) is 11.1 Å². The summed E-state index contributed by atoms with van der Waals surface area (Å²) in [5.74, 6) is 1.17. The fourth-order valence-electron chi connectivity index (χ4n) is 3.12. The van der Waals surface area contributed by atoms with Crippen molar-refractivity contribution >= 4 is 22.4 Å². The van der Waals surface area contributed by atoms with Crippen LogP contribution >= 0.6 is 0 Å². The molecule has 0 saturated carbocycles. The Hall–Kier alpha value is -3.60. The summed E-state index contributed by atoms with van der Waals surface area (Å²) in [7, 11) is 0. The minimum absolute atomic E-state index is 0.181. The number of amides is 1. The first-order valence-corrected chi connectivity index (χ1v) is 9.05. The highest BCUT2D eigenvalue weighted by molar-refractivity contribution is 6.09. The van der Waals surface area contributed by atoms with Crippen LogP contribution in [0.1, 0.15) is 27.4 Å². The molecule has 0 aliphatic carbocycles. The van der Waals surface area contributed by atoms with Crippen LogP contribution in [0.25, 0.3) is 10.8 Å². The molecule has 0 radical (unpaired) electrons. The number of ether oxygens (including phenoxy) is 1. The van der Waals surface area contributed by atoms with Crippen molar-refractivity contribution in [1.29, 1.82) is 0 Å². The van der Waals surface area contributed by atoms with Crippen LogP contribution in [0, 0.1) is 13.8 Å². The molecule has 0 unspecified atom stereocenters. The highest BCUT2D eigenvalue weighted by atomic mass is 16.5. The van der Waals surface area contributed by atoms with Crippen molar-refractivity contribution in [3.63, 3.8) is 0 Å². The van der Waals surface area contributed by atoms with Crippen LogP contribution in [0.3, 0.4) is 0 Å². The summed E-state index contributed by atoms with van der Waals surface area (Å²) >= 11 is 0. The SMILES string of the molecule is Cc1noc(C)c1COc1cccc(C(=O)Nc2cccc3ccccc23)c1. The third kappa shape index (κ3) is 3.60. The molecule has 0 aliphatic heterocycles. The highest BCUT2D eigenvalue weighted by Crippen LogP contribution is 2.24. The zero-order chi connectivity index (χ0) is 19.5. The first-order valence-electron chi connectivity index (χ1n) is 9.05. The van der Waals surface area contributed by atoms with Crippen molar-refractivity contribution < 1.29 is 14.1 Å². The Bertz CT molecular complexity index is 1120. The molecule has 0 atom stereocenters. The van der Waals surface area contributed by atoms with Crippen LogP contribution in [0.15, 0.2) is 71.3 Å².